The molecule has 0 spiro atoms. The molecular formula is C35H41NO2. The van der Waals surface area contributed by atoms with Crippen molar-refractivity contribution in [1.29, 1.82) is 0 Å². The van der Waals surface area contributed by atoms with Gasteiger partial charge in [-0.15, -0.1) is 0 Å². The lowest BCUT2D eigenvalue weighted by Gasteiger charge is -2.28. The maximum Gasteiger partial charge on any atom is 0.131 e. The van der Waals surface area contributed by atoms with Crippen LogP contribution in [0.3, 0.4) is 0 Å². The average molecular weight is 508 g/mol. The number of nitrogens with zero attached hydrogens (tertiary/aromatic N) is 1. The zero-order valence-electron chi connectivity index (χ0n) is 23.7. The highest BCUT2D eigenvalue weighted by Crippen LogP contribution is 2.42. The molecule has 3 heteroatoms. The van der Waals surface area contributed by atoms with Gasteiger partial charge in [0.2, 0.25) is 0 Å². The van der Waals surface area contributed by atoms with E-state index < -0.39 is 0 Å². The SMILES string of the molecule is Cc1ccc(OCCCN(C)c2c(C(C)C)cccc2C(C)C)c(-c2cccc(-c3ccccc3)c2O)c1. The fourth-order valence-corrected chi connectivity index (χ4v) is 5.14. The summed E-state index contributed by atoms with van der Waals surface area (Å²) in [4.78, 5) is 2.39. The quantitative estimate of drug-likeness (QED) is 0.217. The summed E-state index contributed by atoms with van der Waals surface area (Å²) in [5.41, 5.74) is 8.80. The number of aryl methyl sites for hydroxylation is 1. The van der Waals surface area contributed by atoms with Gasteiger partial charge >= 0.3 is 0 Å². The predicted octanol–water partition coefficient (Wildman–Crippen LogP) is 9.19. The van der Waals surface area contributed by atoms with E-state index in [1.807, 2.05) is 54.6 Å². The van der Waals surface area contributed by atoms with Gasteiger partial charge in [-0.25, -0.2) is 0 Å². The minimum atomic E-state index is 0.278. The van der Waals surface area contributed by atoms with Gasteiger partial charge in [0.05, 0.1) is 6.61 Å². The summed E-state index contributed by atoms with van der Waals surface area (Å²) in [5.74, 6) is 2.01. The van der Waals surface area contributed by atoms with Crippen LogP contribution in [-0.2, 0) is 0 Å². The molecule has 0 amide bonds. The Bertz CT molecular complexity index is 1330. The fourth-order valence-electron chi connectivity index (χ4n) is 5.14. The van der Waals surface area contributed by atoms with Crippen LogP contribution >= 0.6 is 0 Å². The zero-order chi connectivity index (χ0) is 27.2. The number of phenols is 1. The van der Waals surface area contributed by atoms with Crippen molar-refractivity contribution in [2.24, 2.45) is 0 Å². The van der Waals surface area contributed by atoms with Crippen LogP contribution in [0.1, 0.15) is 62.6 Å². The summed E-state index contributed by atoms with van der Waals surface area (Å²) >= 11 is 0. The highest BCUT2D eigenvalue weighted by atomic mass is 16.5. The van der Waals surface area contributed by atoms with E-state index >= 15 is 0 Å². The molecule has 0 saturated carbocycles. The monoisotopic (exact) mass is 507 g/mol. The molecule has 0 aliphatic rings. The molecule has 0 unspecified atom stereocenters. The maximum atomic E-state index is 11.3. The molecule has 0 bridgehead atoms. The second-order valence-electron chi connectivity index (χ2n) is 10.8. The van der Waals surface area contributed by atoms with E-state index in [-0.39, 0.29) is 5.75 Å². The molecule has 3 nitrogen and oxygen atoms in total. The van der Waals surface area contributed by atoms with E-state index in [0.29, 0.717) is 18.4 Å². The van der Waals surface area contributed by atoms with E-state index in [1.54, 1.807) is 0 Å². The van der Waals surface area contributed by atoms with E-state index in [4.69, 9.17) is 4.74 Å². The molecule has 0 aliphatic carbocycles. The number of hydrogen-bond acceptors (Lipinski definition) is 3. The maximum absolute atomic E-state index is 11.3. The third-order valence-electron chi connectivity index (χ3n) is 7.17. The molecule has 0 saturated heterocycles. The summed E-state index contributed by atoms with van der Waals surface area (Å²) in [6.07, 6.45) is 0.893. The van der Waals surface area contributed by atoms with Crippen LogP contribution in [0.25, 0.3) is 22.3 Å². The number of hydrogen-bond donors (Lipinski definition) is 1. The molecule has 1 N–H and O–H groups in total. The summed E-state index contributed by atoms with van der Waals surface area (Å²) < 4.78 is 6.35. The summed E-state index contributed by atoms with van der Waals surface area (Å²) in [5, 5.41) is 11.3. The Labute approximate surface area is 228 Å². The molecule has 0 fully saturated rings. The molecule has 4 rings (SSSR count). The predicted molar refractivity (Wildman–Crippen MR) is 162 cm³/mol. The first-order chi connectivity index (χ1) is 18.3. The first-order valence-electron chi connectivity index (χ1n) is 13.7. The third-order valence-corrected chi connectivity index (χ3v) is 7.17. The van der Waals surface area contributed by atoms with Gasteiger partial charge in [0.1, 0.15) is 11.5 Å². The minimum Gasteiger partial charge on any atom is -0.507 e. The van der Waals surface area contributed by atoms with Gasteiger partial charge in [-0.05, 0) is 54.0 Å². The van der Waals surface area contributed by atoms with Crippen molar-refractivity contribution in [2.45, 2.75) is 52.9 Å². The summed E-state index contributed by atoms with van der Waals surface area (Å²) in [7, 11) is 2.19. The van der Waals surface area contributed by atoms with Gasteiger partial charge in [0.25, 0.3) is 0 Å². The summed E-state index contributed by atoms with van der Waals surface area (Å²) in [6.45, 7) is 12.6. The largest absolute Gasteiger partial charge is 0.507 e. The number of anilines is 1. The highest BCUT2D eigenvalue weighted by Gasteiger charge is 2.18. The van der Waals surface area contributed by atoms with E-state index in [9.17, 15) is 5.11 Å². The molecular weight excluding hydrogens is 466 g/mol. The van der Waals surface area contributed by atoms with Gasteiger partial charge in [0.15, 0.2) is 0 Å². The highest BCUT2D eigenvalue weighted by molar-refractivity contribution is 5.84. The molecule has 198 valence electrons. The van der Waals surface area contributed by atoms with Crippen LogP contribution in [-0.4, -0.2) is 25.3 Å². The van der Waals surface area contributed by atoms with Crippen LogP contribution in [0.4, 0.5) is 5.69 Å². The van der Waals surface area contributed by atoms with Gasteiger partial charge in [0, 0.05) is 36.0 Å². The third kappa shape index (κ3) is 6.05. The lowest BCUT2D eigenvalue weighted by atomic mass is 9.92. The molecule has 0 radical (unpaired) electrons. The number of benzene rings is 4. The van der Waals surface area contributed by atoms with E-state index in [0.717, 1.165) is 46.5 Å². The number of aromatic hydroxyl groups is 1. The molecule has 4 aromatic carbocycles. The van der Waals surface area contributed by atoms with Crippen LogP contribution in [0.5, 0.6) is 11.5 Å². The lowest BCUT2D eigenvalue weighted by molar-refractivity contribution is 0.313. The molecule has 0 aromatic heterocycles. The van der Waals surface area contributed by atoms with Crippen molar-refractivity contribution in [3.8, 4) is 33.8 Å². The Morgan fingerprint density at radius 2 is 1.37 bits per heavy atom. The van der Waals surface area contributed by atoms with Crippen molar-refractivity contribution in [3.05, 3.63) is 102 Å². The summed E-state index contributed by atoms with van der Waals surface area (Å²) in [6, 6.07) is 28.8. The van der Waals surface area contributed by atoms with Gasteiger partial charge in [-0.2, -0.15) is 0 Å². The standard InChI is InChI=1S/C35H41NO2/c1-24(2)28-15-10-16-29(25(3)4)34(28)36(6)21-12-22-38-33-20-19-26(5)23-32(33)31-18-11-17-30(35(31)37)27-13-8-7-9-14-27/h7-11,13-20,23-25,37H,12,21-22H2,1-6H3. The molecule has 0 atom stereocenters. The number of phenolic OH excluding ortho intramolecular Hbond substituents is 1. The van der Waals surface area contributed by atoms with Gasteiger partial charge < -0.3 is 14.7 Å². The normalized spacial score (nSPS) is 11.3. The second-order valence-corrected chi connectivity index (χ2v) is 10.8. The Hall–Kier alpha value is -3.72. The van der Waals surface area contributed by atoms with Crippen molar-refractivity contribution in [1.82, 2.24) is 0 Å². The molecule has 0 heterocycles. The average Bonchev–Trinajstić information content (AvgIpc) is 2.91. The van der Waals surface area contributed by atoms with Crippen molar-refractivity contribution in [3.63, 3.8) is 0 Å². The van der Waals surface area contributed by atoms with Crippen molar-refractivity contribution >= 4 is 5.69 Å². The van der Waals surface area contributed by atoms with Crippen LogP contribution in [0.15, 0.2) is 84.9 Å². The van der Waals surface area contributed by atoms with E-state index in [2.05, 4.69) is 76.9 Å². The van der Waals surface area contributed by atoms with Crippen LogP contribution in [0, 0.1) is 6.92 Å². The Morgan fingerprint density at radius 3 is 2.03 bits per heavy atom. The first kappa shape index (κ1) is 27.3. The molecule has 38 heavy (non-hydrogen) atoms. The Morgan fingerprint density at radius 1 is 0.737 bits per heavy atom. The van der Waals surface area contributed by atoms with Crippen LogP contribution < -0.4 is 9.64 Å². The van der Waals surface area contributed by atoms with Gasteiger partial charge in [-0.1, -0.05) is 106 Å². The Balaban J connectivity index is 1.52. The molecule has 0 aliphatic heterocycles. The van der Waals surface area contributed by atoms with Gasteiger partial charge in [-0.3, -0.25) is 0 Å². The topological polar surface area (TPSA) is 32.7 Å². The first-order valence-corrected chi connectivity index (χ1v) is 13.7. The van der Waals surface area contributed by atoms with Crippen LogP contribution in [0.2, 0.25) is 0 Å². The van der Waals surface area contributed by atoms with E-state index in [1.165, 1.54) is 16.8 Å². The van der Waals surface area contributed by atoms with Crippen molar-refractivity contribution in [2.75, 3.05) is 25.1 Å². The fraction of sp³-hybridized carbons (Fsp3) is 0.314. The minimum absolute atomic E-state index is 0.278. The number of para-hydroxylation sites is 2. The van der Waals surface area contributed by atoms with Crippen molar-refractivity contribution < 1.29 is 9.84 Å². The second kappa shape index (κ2) is 12.2. The smallest absolute Gasteiger partial charge is 0.131 e. The molecule has 4 aromatic rings. The lowest BCUT2D eigenvalue weighted by Crippen LogP contribution is -2.23. The number of ether oxygens (including phenoxy) is 1. The Kier molecular flexibility index (Phi) is 8.78. The zero-order valence-corrected chi connectivity index (χ0v) is 23.7. The number of rotatable bonds is 10.